The standard InChI is InChI=1S/C29H33ClFN3O5S/c1-4-5-17-32-29(36)21(2)33(19-22-7-6-8-23(30)18-22)28(35)20-34(25-11-9-24(31)10-12-25)40(37,38)27-15-13-26(39-3)14-16-27/h6-16,18,21H,4-5,17,19-20H2,1-3H3,(H,32,36). The van der Waals surface area contributed by atoms with Crippen molar-refractivity contribution in [3.63, 3.8) is 0 Å². The monoisotopic (exact) mass is 589 g/mol. The number of sulfonamides is 1. The van der Waals surface area contributed by atoms with Crippen molar-refractivity contribution < 1.29 is 27.1 Å². The van der Waals surface area contributed by atoms with Crippen LogP contribution in [0.1, 0.15) is 32.3 Å². The summed E-state index contributed by atoms with van der Waals surface area (Å²) in [6, 6.07) is 16.5. The Balaban J connectivity index is 2.00. The van der Waals surface area contributed by atoms with E-state index in [-0.39, 0.29) is 23.0 Å². The molecule has 2 amide bonds. The Hall–Kier alpha value is -3.63. The minimum absolute atomic E-state index is 0.0155. The molecule has 3 aromatic carbocycles. The lowest BCUT2D eigenvalue weighted by Gasteiger charge is -2.32. The molecule has 3 aromatic rings. The van der Waals surface area contributed by atoms with E-state index in [2.05, 4.69) is 5.32 Å². The fourth-order valence-corrected chi connectivity index (χ4v) is 5.59. The molecular formula is C29H33ClFN3O5S. The number of hydrogen-bond acceptors (Lipinski definition) is 5. The molecule has 0 aliphatic heterocycles. The largest absolute Gasteiger partial charge is 0.497 e. The Morgan fingerprint density at radius 3 is 2.33 bits per heavy atom. The van der Waals surface area contributed by atoms with Crippen molar-refractivity contribution in [2.24, 2.45) is 0 Å². The van der Waals surface area contributed by atoms with Gasteiger partial charge in [0.1, 0.15) is 24.2 Å². The van der Waals surface area contributed by atoms with E-state index in [1.807, 2.05) is 6.92 Å². The minimum Gasteiger partial charge on any atom is -0.497 e. The molecule has 0 aliphatic carbocycles. The van der Waals surface area contributed by atoms with E-state index in [1.54, 1.807) is 31.2 Å². The molecule has 3 rings (SSSR count). The Labute approximate surface area is 239 Å². The number of hydrogen-bond donors (Lipinski definition) is 1. The van der Waals surface area contributed by atoms with Crippen LogP contribution in [0, 0.1) is 5.82 Å². The van der Waals surface area contributed by atoms with Crippen LogP contribution in [0.15, 0.2) is 77.7 Å². The van der Waals surface area contributed by atoms with Crippen LogP contribution in [0.2, 0.25) is 5.02 Å². The van der Waals surface area contributed by atoms with Gasteiger partial charge in [-0.2, -0.15) is 0 Å². The zero-order valence-corrected chi connectivity index (χ0v) is 24.2. The number of nitrogens with one attached hydrogen (secondary N) is 1. The average molecular weight is 590 g/mol. The van der Waals surface area contributed by atoms with Crippen molar-refractivity contribution in [3.8, 4) is 5.75 Å². The predicted octanol–water partition coefficient (Wildman–Crippen LogP) is 5.02. The predicted molar refractivity (Wildman–Crippen MR) is 153 cm³/mol. The van der Waals surface area contributed by atoms with Crippen molar-refractivity contribution >= 4 is 39.1 Å². The maximum absolute atomic E-state index is 13.9. The molecule has 1 unspecified atom stereocenters. The van der Waals surface area contributed by atoms with Gasteiger partial charge >= 0.3 is 0 Å². The third-order valence-electron chi connectivity index (χ3n) is 6.28. The van der Waals surface area contributed by atoms with E-state index in [9.17, 15) is 22.4 Å². The molecule has 0 saturated carbocycles. The average Bonchev–Trinajstić information content (AvgIpc) is 2.94. The number of carbonyl (C=O) groups excluding carboxylic acids is 2. The van der Waals surface area contributed by atoms with Gasteiger partial charge in [-0.25, -0.2) is 12.8 Å². The normalized spacial score (nSPS) is 11.9. The summed E-state index contributed by atoms with van der Waals surface area (Å²) in [6.45, 7) is 3.42. The number of ether oxygens (including phenoxy) is 1. The van der Waals surface area contributed by atoms with Gasteiger partial charge in [0.2, 0.25) is 11.8 Å². The summed E-state index contributed by atoms with van der Waals surface area (Å²) >= 11 is 6.15. The lowest BCUT2D eigenvalue weighted by molar-refractivity contribution is -0.139. The van der Waals surface area contributed by atoms with Crippen LogP contribution in [0.4, 0.5) is 10.1 Å². The number of amides is 2. The summed E-state index contributed by atoms with van der Waals surface area (Å²) in [6.07, 6.45) is 1.66. The highest BCUT2D eigenvalue weighted by atomic mass is 35.5. The minimum atomic E-state index is -4.28. The second-order valence-corrected chi connectivity index (χ2v) is 11.4. The molecule has 1 atom stereocenters. The van der Waals surface area contributed by atoms with E-state index < -0.39 is 34.3 Å². The van der Waals surface area contributed by atoms with Crippen LogP contribution in [0.5, 0.6) is 5.75 Å². The number of carbonyl (C=O) groups is 2. The summed E-state index contributed by atoms with van der Waals surface area (Å²) in [7, 11) is -2.82. The second-order valence-electron chi connectivity index (χ2n) is 9.14. The fourth-order valence-electron chi connectivity index (χ4n) is 3.96. The van der Waals surface area contributed by atoms with Crippen molar-refractivity contribution in [2.45, 2.75) is 44.2 Å². The topological polar surface area (TPSA) is 96.0 Å². The zero-order chi connectivity index (χ0) is 29.3. The number of benzene rings is 3. The summed E-state index contributed by atoms with van der Waals surface area (Å²) in [5.41, 5.74) is 0.758. The van der Waals surface area contributed by atoms with Crippen molar-refractivity contribution in [1.82, 2.24) is 10.2 Å². The summed E-state index contributed by atoms with van der Waals surface area (Å²) in [5.74, 6) is -1.09. The van der Waals surface area contributed by atoms with Gasteiger partial charge in [-0.15, -0.1) is 0 Å². The summed E-state index contributed by atoms with van der Waals surface area (Å²) in [5, 5.41) is 3.29. The van der Waals surface area contributed by atoms with E-state index in [0.717, 1.165) is 29.3 Å². The number of anilines is 1. The maximum Gasteiger partial charge on any atom is 0.264 e. The van der Waals surface area contributed by atoms with Crippen LogP contribution in [-0.2, 0) is 26.2 Å². The Morgan fingerprint density at radius 2 is 1.73 bits per heavy atom. The lowest BCUT2D eigenvalue weighted by Crippen LogP contribution is -2.51. The van der Waals surface area contributed by atoms with Gasteiger partial charge in [0, 0.05) is 18.1 Å². The molecule has 0 saturated heterocycles. The van der Waals surface area contributed by atoms with Crippen molar-refractivity contribution in [1.29, 1.82) is 0 Å². The smallest absolute Gasteiger partial charge is 0.264 e. The van der Waals surface area contributed by atoms with Gasteiger partial charge in [-0.1, -0.05) is 37.1 Å². The first-order chi connectivity index (χ1) is 19.1. The molecule has 0 fully saturated rings. The number of nitrogens with zero attached hydrogens (tertiary/aromatic N) is 2. The van der Waals surface area contributed by atoms with Crippen molar-refractivity contribution in [3.05, 3.63) is 89.2 Å². The number of rotatable bonds is 13. The van der Waals surface area contributed by atoms with Crippen LogP contribution in [0.3, 0.4) is 0 Å². The Kier molecular flexibility index (Phi) is 10.9. The van der Waals surface area contributed by atoms with Gasteiger partial charge in [-0.3, -0.25) is 13.9 Å². The second kappa shape index (κ2) is 14.1. The molecule has 40 heavy (non-hydrogen) atoms. The first-order valence-electron chi connectivity index (χ1n) is 12.8. The van der Waals surface area contributed by atoms with E-state index in [4.69, 9.17) is 16.3 Å². The fraction of sp³-hybridized carbons (Fsp3) is 0.310. The third kappa shape index (κ3) is 7.95. The molecule has 0 heterocycles. The number of halogens is 2. The van der Waals surface area contributed by atoms with Gasteiger partial charge in [0.25, 0.3) is 10.0 Å². The van der Waals surface area contributed by atoms with Gasteiger partial charge < -0.3 is 15.0 Å². The molecule has 0 spiro atoms. The van der Waals surface area contributed by atoms with Crippen LogP contribution < -0.4 is 14.4 Å². The molecule has 0 aromatic heterocycles. The molecule has 0 radical (unpaired) electrons. The first-order valence-corrected chi connectivity index (χ1v) is 14.6. The summed E-state index contributed by atoms with van der Waals surface area (Å²) in [4.78, 5) is 28.1. The van der Waals surface area contributed by atoms with Crippen LogP contribution in [-0.4, -0.2) is 51.4 Å². The van der Waals surface area contributed by atoms with Gasteiger partial charge in [0.15, 0.2) is 0 Å². The number of unbranched alkanes of at least 4 members (excludes halogenated alkanes) is 1. The third-order valence-corrected chi connectivity index (χ3v) is 8.30. The molecular weight excluding hydrogens is 557 g/mol. The van der Waals surface area contributed by atoms with Crippen LogP contribution in [0.25, 0.3) is 0 Å². The summed E-state index contributed by atoms with van der Waals surface area (Å²) < 4.78 is 47.3. The first kappa shape index (κ1) is 30.9. The SMILES string of the molecule is CCCCNC(=O)C(C)N(Cc1cccc(Cl)c1)C(=O)CN(c1ccc(F)cc1)S(=O)(=O)c1ccc(OC)cc1. The van der Waals surface area contributed by atoms with Crippen LogP contribution >= 0.6 is 11.6 Å². The van der Waals surface area contributed by atoms with E-state index in [0.29, 0.717) is 22.9 Å². The molecule has 11 heteroatoms. The van der Waals surface area contributed by atoms with E-state index >= 15 is 0 Å². The molecule has 8 nitrogen and oxygen atoms in total. The molecule has 1 N–H and O–H groups in total. The molecule has 214 valence electrons. The molecule has 0 aliphatic rings. The highest BCUT2D eigenvalue weighted by Crippen LogP contribution is 2.26. The Morgan fingerprint density at radius 1 is 1.05 bits per heavy atom. The van der Waals surface area contributed by atoms with Gasteiger partial charge in [-0.05, 0) is 79.6 Å². The lowest BCUT2D eigenvalue weighted by atomic mass is 10.1. The maximum atomic E-state index is 13.9. The van der Waals surface area contributed by atoms with Crippen molar-refractivity contribution in [2.75, 3.05) is 24.5 Å². The Bertz CT molecular complexity index is 1400. The highest BCUT2D eigenvalue weighted by Gasteiger charge is 2.32. The quantitative estimate of drug-likeness (QED) is 0.283. The number of methoxy groups -OCH3 is 1. The molecule has 0 bridgehead atoms. The van der Waals surface area contributed by atoms with Gasteiger partial charge in [0.05, 0.1) is 17.7 Å². The zero-order valence-electron chi connectivity index (χ0n) is 22.6. The van der Waals surface area contributed by atoms with E-state index in [1.165, 1.54) is 48.4 Å². The highest BCUT2D eigenvalue weighted by molar-refractivity contribution is 7.92.